The maximum atomic E-state index is 3.40. The molecule has 0 aliphatic heterocycles. The Balaban J connectivity index is 2.56. The fourth-order valence-corrected chi connectivity index (χ4v) is 5.77. The minimum Gasteiger partial charge on any atom is -0.319 e. The molecule has 0 spiro atoms. The highest BCUT2D eigenvalue weighted by atomic mass is 28.3. The molecule has 0 aromatic rings. The standard InChI is InChI=1S/C11H25NSi/c1-12-9-11(7-5-6-8-11)10-13(2,3)4/h12H,5-10H2,1-4H3. The summed E-state index contributed by atoms with van der Waals surface area (Å²) >= 11 is 0. The van der Waals surface area contributed by atoms with Crippen LogP contribution in [0.5, 0.6) is 0 Å². The van der Waals surface area contributed by atoms with Gasteiger partial charge < -0.3 is 5.32 Å². The SMILES string of the molecule is CNCC1(C[Si](C)(C)C)CCCC1. The van der Waals surface area contributed by atoms with Crippen LogP contribution in [0.2, 0.25) is 25.7 Å². The summed E-state index contributed by atoms with van der Waals surface area (Å²) in [6.45, 7) is 8.76. The van der Waals surface area contributed by atoms with E-state index in [1.54, 1.807) is 0 Å². The van der Waals surface area contributed by atoms with Gasteiger partial charge in [0.25, 0.3) is 0 Å². The molecule has 0 amide bonds. The van der Waals surface area contributed by atoms with Gasteiger partial charge in [-0.15, -0.1) is 0 Å². The van der Waals surface area contributed by atoms with E-state index in [2.05, 4.69) is 32.0 Å². The van der Waals surface area contributed by atoms with Crippen molar-refractivity contribution in [2.75, 3.05) is 13.6 Å². The van der Waals surface area contributed by atoms with Gasteiger partial charge in [-0.05, 0) is 25.3 Å². The Bertz CT molecular complexity index is 154. The van der Waals surface area contributed by atoms with Crippen molar-refractivity contribution in [1.29, 1.82) is 0 Å². The first-order valence-electron chi connectivity index (χ1n) is 5.62. The number of rotatable bonds is 4. The molecule has 0 atom stereocenters. The minimum atomic E-state index is -0.872. The predicted octanol–water partition coefficient (Wildman–Crippen LogP) is 3.10. The summed E-state index contributed by atoms with van der Waals surface area (Å²) in [5.41, 5.74) is 0.680. The van der Waals surface area contributed by atoms with E-state index in [0.29, 0.717) is 5.41 Å². The van der Waals surface area contributed by atoms with E-state index < -0.39 is 8.07 Å². The number of nitrogens with one attached hydrogen (secondary N) is 1. The molecule has 78 valence electrons. The Morgan fingerprint density at radius 3 is 2.08 bits per heavy atom. The van der Waals surface area contributed by atoms with Crippen molar-refractivity contribution in [3.63, 3.8) is 0 Å². The van der Waals surface area contributed by atoms with Gasteiger partial charge in [0, 0.05) is 14.6 Å². The molecule has 0 bridgehead atoms. The molecule has 1 rings (SSSR count). The summed E-state index contributed by atoms with van der Waals surface area (Å²) in [6, 6.07) is 1.51. The van der Waals surface area contributed by atoms with Gasteiger partial charge in [-0.1, -0.05) is 38.5 Å². The molecule has 1 aliphatic carbocycles. The van der Waals surface area contributed by atoms with Gasteiger partial charge in [-0.2, -0.15) is 0 Å². The van der Waals surface area contributed by atoms with Crippen LogP contribution in [0.3, 0.4) is 0 Å². The van der Waals surface area contributed by atoms with Crippen LogP contribution in [0, 0.1) is 5.41 Å². The van der Waals surface area contributed by atoms with E-state index >= 15 is 0 Å². The van der Waals surface area contributed by atoms with E-state index in [-0.39, 0.29) is 0 Å². The van der Waals surface area contributed by atoms with Crippen LogP contribution < -0.4 is 5.32 Å². The van der Waals surface area contributed by atoms with Gasteiger partial charge in [0.05, 0.1) is 0 Å². The van der Waals surface area contributed by atoms with Gasteiger partial charge in [-0.25, -0.2) is 0 Å². The molecular weight excluding hydrogens is 174 g/mol. The maximum absolute atomic E-state index is 3.40. The zero-order valence-corrected chi connectivity index (χ0v) is 10.7. The number of hydrogen-bond donors (Lipinski definition) is 1. The lowest BCUT2D eigenvalue weighted by Gasteiger charge is -2.34. The molecule has 1 saturated carbocycles. The Hall–Kier alpha value is 0.177. The lowest BCUT2D eigenvalue weighted by molar-refractivity contribution is 0.321. The van der Waals surface area contributed by atoms with E-state index in [1.165, 1.54) is 38.3 Å². The van der Waals surface area contributed by atoms with Crippen LogP contribution in [0.1, 0.15) is 25.7 Å². The average Bonchev–Trinajstić information content (AvgIpc) is 2.33. The van der Waals surface area contributed by atoms with E-state index in [9.17, 15) is 0 Å². The zero-order valence-electron chi connectivity index (χ0n) is 9.74. The molecular formula is C11H25NSi. The molecule has 1 N–H and O–H groups in total. The zero-order chi connectivity index (χ0) is 9.95. The monoisotopic (exact) mass is 199 g/mol. The summed E-state index contributed by atoms with van der Waals surface area (Å²) < 4.78 is 0. The van der Waals surface area contributed by atoms with E-state index in [4.69, 9.17) is 0 Å². The fraction of sp³-hybridized carbons (Fsp3) is 1.00. The quantitative estimate of drug-likeness (QED) is 0.686. The first kappa shape index (κ1) is 11.3. The molecule has 0 radical (unpaired) electrons. The highest BCUT2D eigenvalue weighted by molar-refractivity contribution is 6.76. The number of hydrogen-bond acceptors (Lipinski definition) is 1. The van der Waals surface area contributed by atoms with Gasteiger partial charge in [-0.3, -0.25) is 0 Å². The fourth-order valence-electron chi connectivity index (χ4n) is 3.04. The van der Waals surface area contributed by atoms with Gasteiger partial charge >= 0.3 is 0 Å². The van der Waals surface area contributed by atoms with Crippen LogP contribution in [-0.2, 0) is 0 Å². The lowest BCUT2D eigenvalue weighted by Crippen LogP contribution is -2.37. The van der Waals surface area contributed by atoms with Crippen molar-refractivity contribution in [2.24, 2.45) is 5.41 Å². The Morgan fingerprint density at radius 1 is 1.15 bits per heavy atom. The van der Waals surface area contributed by atoms with Crippen molar-refractivity contribution in [3.8, 4) is 0 Å². The molecule has 0 aromatic carbocycles. The third kappa shape index (κ3) is 3.43. The summed E-state index contributed by atoms with van der Waals surface area (Å²) in [5, 5.41) is 3.40. The summed E-state index contributed by atoms with van der Waals surface area (Å²) in [4.78, 5) is 0. The van der Waals surface area contributed by atoms with Crippen molar-refractivity contribution in [3.05, 3.63) is 0 Å². The third-order valence-electron chi connectivity index (χ3n) is 3.12. The van der Waals surface area contributed by atoms with E-state index in [0.717, 1.165) is 0 Å². The van der Waals surface area contributed by atoms with Crippen molar-refractivity contribution >= 4 is 8.07 Å². The van der Waals surface area contributed by atoms with E-state index in [1.807, 2.05) is 0 Å². The molecule has 1 fully saturated rings. The normalized spacial score (nSPS) is 22.2. The highest BCUT2D eigenvalue weighted by Gasteiger charge is 2.36. The van der Waals surface area contributed by atoms with Crippen LogP contribution in [-0.4, -0.2) is 21.7 Å². The first-order valence-corrected chi connectivity index (χ1v) is 9.33. The topological polar surface area (TPSA) is 12.0 Å². The average molecular weight is 199 g/mol. The maximum Gasteiger partial charge on any atom is 0.0448 e. The smallest absolute Gasteiger partial charge is 0.0448 e. The molecule has 0 aromatic heterocycles. The van der Waals surface area contributed by atoms with Crippen molar-refractivity contribution in [1.82, 2.24) is 5.32 Å². The molecule has 0 unspecified atom stereocenters. The minimum absolute atomic E-state index is 0.680. The van der Waals surface area contributed by atoms with Crippen LogP contribution in [0.25, 0.3) is 0 Å². The molecule has 0 heterocycles. The Labute approximate surface area is 84.3 Å². The van der Waals surface area contributed by atoms with Crippen LogP contribution >= 0.6 is 0 Å². The summed E-state index contributed by atoms with van der Waals surface area (Å²) in [5.74, 6) is 0. The van der Waals surface area contributed by atoms with Crippen LogP contribution in [0.15, 0.2) is 0 Å². The lowest BCUT2D eigenvalue weighted by atomic mass is 9.88. The summed E-state index contributed by atoms with van der Waals surface area (Å²) in [6.07, 6.45) is 5.87. The molecule has 13 heavy (non-hydrogen) atoms. The first-order chi connectivity index (χ1) is 5.97. The van der Waals surface area contributed by atoms with Gasteiger partial charge in [0.15, 0.2) is 0 Å². The third-order valence-corrected chi connectivity index (χ3v) is 4.93. The second kappa shape index (κ2) is 4.14. The van der Waals surface area contributed by atoms with Gasteiger partial charge in [0.1, 0.15) is 0 Å². The molecule has 1 aliphatic rings. The molecule has 0 saturated heterocycles. The van der Waals surface area contributed by atoms with Gasteiger partial charge in [0.2, 0.25) is 0 Å². The van der Waals surface area contributed by atoms with Crippen molar-refractivity contribution < 1.29 is 0 Å². The molecule has 1 nitrogen and oxygen atoms in total. The predicted molar refractivity (Wildman–Crippen MR) is 63.0 cm³/mol. The molecule has 2 heteroatoms. The van der Waals surface area contributed by atoms with Crippen molar-refractivity contribution in [2.45, 2.75) is 51.4 Å². The second-order valence-electron chi connectivity index (χ2n) is 5.97. The Kier molecular flexibility index (Phi) is 3.58. The second-order valence-corrected chi connectivity index (χ2v) is 11.4. The highest BCUT2D eigenvalue weighted by Crippen LogP contribution is 2.43. The largest absolute Gasteiger partial charge is 0.319 e. The summed E-state index contributed by atoms with van der Waals surface area (Å²) in [7, 11) is 1.23. The van der Waals surface area contributed by atoms with Crippen LogP contribution in [0.4, 0.5) is 0 Å². The Morgan fingerprint density at radius 2 is 1.69 bits per heavy atom.